The number of nitrogens with zero attached hydrogens (tertiary/aromatic N) is 3. The SMILES string of the molecule is O=C(c1cc(Br)cnc1Cl)N1CCN(Cc2ccc(Cl)cc2)CC1. The summed E-state index contributed by atoms with van der Waals surface area (Å²) in [6, 6.07) is 9.59. The molecule has 0 spiro atoms. The lowest BCUT2D eigenvalue weighted by Crippen LogP contribution is -2.48. The molecule has 0 N–H and O–H groups in total. The summed E-state index contributed by atoms with van der Waals surface area (Å²) in [5.74, 6) is -0.0695. The van der Waals surface area contributed by atoms with E-state index in [-0.39, 0.29) is 11.1 Å². The molecule has 1 aromatic heterocycles. The largest absolute Gasteiger partial charge is 0.336 e. The molecule has 0 bridgehead atoms. The molecule has 0 radical (unpaired) electrons. The number of aromatic nitrogens is 1. The summed E-state index contributed by atoms with van der Waals surface area (Å²) in [5, 5.41) is 0.987. The predicted octanol–water partition coefficient (Wildman–Crippen LogP) is 4.11. The van der Waals surface area contributed by atoms with Gasteiger partial charge in [-0.25, -0.2) is 4.98 Å². The number of amides is 1. The fourth-order valence-corrected chi connectivity index (χ4v) is 3.34. The Bertz CT molecular complexity index is 731. The molecule has 0 saturated carbocycles. The molecular weight excluding hydrogens is 413 g/mol. The van der Waals surface area contributed by atoms with Crippen molar-refractivity contribution < 1.29 is 4.79 Å². The van der Waals surface area contributed by atoms with Crippen molar-refractivity contribution in [1.29, 1.82) is 0 Å². The smallest absolute Gasteiger partial charge is 0.257 e. The van der Waals surface area contributed by atoms with E-state index >= 15 is 0 Å². The lowest BCUT2D eigenvalue weighted by molar-refractivity contribution is 0.0628. The van der Waals surface area contributed by atoms with Gasteiger partial charge in [-0.05, 0) is 39.7 Å². The number of benzene rings is 1. The second-order valence-electron chi connectivity index (χ2n) is 5.69. The van der Waals surface area contributed by atoms with Gasteiger partial charge in [0.1, 0.15) is 5.15 Å². The predicted molar refractivity (Wildman–Crippen MR) is 99.6 cm³/mol. The van der Waals surface area contributed by atoms with Crippen molar-refractivity contribution in [3.8, 4) is 0 Å². The number of hydrogen-bond acceptors (Lipinski definition) is 3. The van der Waals surface area contributed by atoms with Gasteiger partial charge < -0.3 is 4.90 Å². The first-order chi connectivity index (χ1) is 11.5. The van der Waals surface area contributed by atoms with E-state index in [9.17, 15) is 4.79 Å². The van der Waals surface area contributed by atoms with Crippen LogP contribution in [0.15, 0.2) is 41.0 Å². The number of hydrogen-bond donors (Lipinski definition) is 0. The van der Waals surface area contributed by atoms with Crippen LogP contribution in [0.25, 0.3) is 0 Å². The van der Waals surface area contributed by atoms with Crippen molar-refractivity contribution in [2.45, 2.75) is 6.54 Å². The van der Waals surface area contributed by atoms with Crippen LogP contribution < -0.4 is 0 Å². The number of rotatable bonds is 3. The van der Waals surface area contributed by atoms with Gasteiger partial charge in [0.2, 0.25) is 0 Å². The van der Waals surface area contributed by atoms with Crippen molar-refractivity contribution in [2.24, 2.45) is 0 Å². The number of carbonyl (C=O) groups excluding carboxylic acids is 1. The van der Waals surface area contributed by atoms with Gasteiger partial charge in [0, 0.05) is 48.4 Å². The van der Waals surface area contributed by atoms with Gasteiger partial charge in [-0.3, -0.25) is 9.69 Å². The molecule has 1 fully saturated rings. The maximum absolute atomic E-state index is 12.6. The molecule has 126 valence electrons. The zero-order valence-electron chi connectivity index (χ0n) is 12.9. The molecule has 2 aromatic rings. The molecule has 1 saturated heterocycles. The molecule has 1 aliphatic rings. The van der Waals surface area contributed by atoms with E-state index in [1.165, 1.54) is 5.56 Å². The zero-order chi connectivity index (χ0) is 17.1. The normalized spacial score (nSPS) is 15.5. The summed E-state index contributed by atoms with van der Waals surface area (Å²) in [6.45, 7) is 3.86. The van der Waals surface area contributed by atoms with Crippen molar-refractivity contribution in [3.05, 3.63) is 62.3 Å². The van der Waals surface area contributed by atoms with Gasteiger partial charge >= 0.3 is 0 Å². The summed E-state index contributed by atoms with van der Waals surface area (Å²) in [5.41, 5.74) is 1.66. The van der Waals surface area contributed by atoms with Crippen LogP contribution >= 0.6 is 39.1 Å². The number of pyridine rings is 1. The molecule has 24 heavy (non-hydrogen) atoms. The first-order valence-corrected chi connectivity index (χ1v) is 9.15. The average molecular weight is 429 g/mol. The topological polar surface area (TPSA) is 36.4 Å². The van der Waals surface area contributed by atoms with Crippen molar-refractivity contribution in [1.82, 2.24) is 14.8 Å². The third-order valence-electron chi connectivity index (χ3n) is 4.02. The first-order valence-electron chi connectivity index (χ1n) is 7.60. The monoisotopic (exact) mass is 427 g/mol. The van der Waals surface area contributed by atoms with Gasteiger partial charge in [-0.2, -0.15) is 0 Å². The standard InChI is InChI=1S/C17H16BrCl2N3O/c18-13-9-15(16(20)21-10-13)17(24)23-7-5-22(6-8-23)11-12-1-3-14(19)4-2-12/h1-4,9-10H,5-8,11H2. The summed E-state index contributed by atoms with van der Waals surface area (Å²) in [6.07, 6.45) is 1.59. The fraction of sp³-hybridized carbons (Fsp3) is 0.294. The van der Waals surface area contributed by atoms with Crippen LogP contribution in [0, 0.1) is 0 Å². The van der Waals surface area contributed by atoms with Gasteiger partial charge in [0.25, 0.3) is 5.91 Å². The van der Waals surface area contributed by atoms with Crippen molar-refractivity contribution >= 4 is 45.0 Å². The van der Waals surface area contributed by atoms with E-state index in [1.807, 2.05) is 29.2 Å². The Hall–Kier alpha value is -1.14. The van der Waals surface area contributed by atoms with E-state index in [0.717, 1.165) is 29.1 Å². The van der Waals surface area contributed by atoms with E-state index in [2.05, 4.69) is 25.8 Å². The minimum Gasteiger partial charge on any atom is -0.336 e. The maximum Gasteiger partial charge on any atom is 0.257 e. The summed E-state index contributed by atoms with van der Waals surface area (Å²) < 4.78 is 0.747. The average Bonchev–Trinajstić information content (AvgIpc) is 2.59. The van der Waals surface area contributed by atoms with Crippen LogP contribution in [0.5, 0.6) is 0 Å². The lowest BCUT2D eigenvalue weighted by atomic mass is 10.2. The molecule has 4 nitrogen and oxygen atoms in total. The molecule has 0 atom stereocenters. The van der Waals surface area contributed by atoms with E-state index in [1.54, 1.807) is 12.3 Å². The Morgan fingerprint density at radius 3 is 2.46 bits per heavy atom. The van der Waals surface area contributed by atoms with Crippen molar-refractivity contribution in [3.63, 3.8) is 0 Å². The van der Waals surface area contributed by atoms with Crippen LogP contribution in [-0.2, 0) is 6.54 Å². The Kier molecular flexibility index (Phi) is 5.76. The number of carbonyl (C=O) groups is 1. The van der Waals surface area contributed by atoms with E-state index in [4.69, 9.17) is 23.2 Å². The van der Waals surface area contributed by atoms with Gasteiger partial charge in [-0.1, -0.05) is 35.3 Å². The number of piperazine rings is 1. The molecule has 7 heteroatoms. The van der Waals surface area contributed by atoms with Gasteiger partial charge in [0.15, 0.2) is 0 Å². The molecule has 0 unspecified atom stereocenters. The Labute approximate surface area is 159 Å². The first kappa shape index (κ1) is 17.7. The zero-order valence-corrected chi connectivity index (χ0v) is 16.0. The summed E-state index contributed by atoms with van der Waals surface area (Å²) in [7, 11) is 0. The maximum atomic E-state index is 12.6. The molecule has 2 heterocycles. The Morgan fingerprint density at radius 1 is 1.12 bits per heavy atom. The summed E-state index contributed by atoms with van der Waals surface area (Å²) in [4.78, 5) is 20.8. The summed E-state index contributed by atoms with van der Waals surface area (Å²) >= 11 is 15.3. The highest BCUT2D eigenvalue weighted by atomic mass is 79.9. The number of halogens is 3. The van der Waals surface area contributed by atoms with Crippen LogP contribution in [0.2, 0.25) is 10.2 Å². The molecule has 3 rings (SSSR count). The minimum atomic E-state index is -0.0695. The quantitative estimate of drug-likeness (QED) is 0.690. The van der Waals surface area contributed by atoms with Crippen LogP contribution in [-0.4, -0.2) is 46.9 Å². The van der Waals surface area contributed by atoms with Crippen LogP contribution in [0.3, 0.4) is 0 Å². The second-order valence-corrected chi connectivity index (χ2v) is 7.40. The van der Waals surface area contributed by atoms with Gasteiger partial charge in [0.05, 0.1) is 5.56 Å². The van der Waals surface area contributed by atoms with E-state index < -0.39 is 0 Å². The minimum absolute atomic E-state index is 0.0695. The van der Waals surface area contributed by atoms with Crippen LogP contribution in [0.1, 0.15) is 15.9 Å². The molecule has 1 aliphatic heterocycles. The van der Waals surface area contributed by atoms with Crippen LogP contribution in [0.4, 0.5) is 0 Å². The highest BCUT2D eigenvalue weighted by Gasteiger charge is 2.24. The van der Waals surface area contributed by atoms with E-state index in [0.29, 0.717) is 18.7 Å². The third-order valence-corrected chi connectivity index (χ3v) is 5.00. The molecular formula is C17H16BrCl2N3O. The fourth-order valence-electron chi connectivity index (χ4n) is 2.70. The Morgan fingerprint density at radius 2 is 1.79 bits per heavy atom. The highest BCUT2D eigenvalue weighted by Crippen LogP contribution is 2.21. The molecule has 1 amide bonds. The van der Waals surface area contributed by atoms with Gasteiger partial charge in [-0.15, -0.1) is 0 Å². The third kappa shape index (κ3) is 4.28. The van der Waals surface area contributed by atoms with Crippen molar-refractivity contribution in [2.75, 3.05) is 26.2 Å². The highest BCUT2D eigenvalue weighted by molar-refractivity contribution is 9.10. The molecule has 1 aromatic carbocycles. The second kappa shape index (κ2) is 7.83. The Balaban J connectivity index is 1.59. The lowest BCUT2D eigenvalue weighted by Gasteiger charge is -2.34. The molecule has 0 aliphatic carbocycles.